The lowest BCUT2D eigenvalue weighted by Crippen LogP contribution is -2.34. The number of alkyl halides is 4. The number of amides is 2. The molecule has 2 aliphatic carbocycles. The molecule has 0 aliphatic heterocycles. The van der Waals surface area contributed by atoms with E-state index >= 15 is 4.39 Å². The Morgan fingerprint density at radius 3 is 2.44 bits per heavy atom. The summed E-state index contributed by atoms with van der Waals surface area (Å²) in [6, 6.07) is 5.57. The van der Waals surface area contributed by atoms with Gasteiger partial charge in [0.15, 0.2) is 6.04 Å². The molecule has 4 atom stereocenters. The van der Waals surface area contributed by atoms with E-state index in [0.717, 1.165) is 18.2 Å². The molecule has 3 unspecified atom stereocenters. The number of nitrogens with two attached hydrogens (primary N) is 1. The van der Waals surface area contributed by atoms with Crippen molar-refractivity contribution >= 4 is 11.8 Å². The predicted octanol–water partition coefficient (Wildman–Crippen LogP) is 6.50. The van der Waals surface area contributed by atoms with Gasteiger partial charge in [0, 0.05) is 29.3 Å². The van der Waals surface area contributed by atoms with Crippen LogP contribution in [0.15, 0.2) is 76.1 Å². The molecule has 0 spiro atoms. The number of aromatic nitrogens is 1. The van der Waals surface area contributed by atoms with Crippen molar-refractivity contribution in [2.45, 2.75) is 50.1 Å². The Bertz CT molecular complexity index is 1700. The summed E-state index contributed by atoms with van der Waals surface area (Å²) >= 11 is 0. The number of hydrogen-bond donors (Lipinski definition) is 2. The van der Waals surface area contributed by atoms with Crippen LogP contribution in [0.3, 0.4) is 0 Å². The number of allylic oxidation sites excluding steroid dienone is 1. The number of halogens is 7. The van der Waals surface area contributed by atoms with Gasteiger partial charge in [-0.1, -0.05) is 17.7 Å². The van der Waals surface area contributed by atoms with Crippen LogP contribution in [0.4, 0.5) is 30.7 Å². The summed E-state index contributed by atoms with van der Waals surface area (Å²) in [6.45, 7) is 0.530. The van der Waals surface area contributed by atoms with E-state index in [0.29, 0.717) is 6.07 Å². The van der Waals surface area contributed by atoms with Gasteiger partial charge in [0.1, 0.15) is 29.7 Å². The molecule has 2 aliphatic rings. The van der Waals surface area contributed by atoms with Gasteiger partial charge in [0.2, 0.25) is 5.91 Å². The summed E-state index contributed by atoms with van der Waals surface area (Å²) in [6.07, 6.45) is -3.66. The van der Waals surface area contributed by atoms with Crippen LogP contribution in [0.25, 0.3) is 11.1 Å². The number of rotatable bonds is 10. The number of benzene rings is 2. The Labute approximate surface area is 252 Å². The molecule has 0 bridgehead atoms. The van der Waals surface area contributed by atoms with E-state index < -0.39 is 76.8 Å². The smallest absolute Gasteiger partial charge is 0.366 e. The molecule has 5 rings (SSSR count). The highest BCUT2D eigenvalue weighted by Crippen LogP contribution is 2.63. The third-order valence-corrected chi connectivity index (χ3v) is 7.89. The van der Waals surface area contributed by atoms with Crippen molar-refractivity contribution in [3.8, 4) is 11.1 Å². The van der Waals surface area contributed by atoms with Crippen LogP contribution >= 0.6 is 0 Å². The largest absolute Gasteiger partial charge is 0.416 e. The molecule has 1 saturated carbocycles. The Morgan fingerprint density at radius 2 is 1.82 bits per heavy atom. The number of hydrogen-bond acceptors (Lipinski definition) is 5. The molecule has 0 saturated heterocycles. The van der Waals surface area contributed by atoms with Crippen molar-refractivity contribution in [1.29, 1.82) is 0 Å². The number of nitrogens with zero attached hydrogens (tertiary/aromatic N) is 3. The predicted molar refractivity (Wildman–Crippen MR) is 148 cm³/mol. The first-order chi connectivity index (χ1) is 21.2. The minimum absolute atomic E-state index is 0.0218. The normalized spacial score (nSPS) is 20.7. The molecule has 1 aromatic heterocycles. The molecule has 2 aromatic carbocycles. The number of primary amides is 1. The van der Waals surface area contributed by atoms with E-state index in [2.05, 4.69) is 20.5 Å². The average molecular weight is 634 g/mol. The third-order valence-electron chi connectivity index (χ3n) is 7.89. The van der Waals surface area contributed by atoms with Crippen molar-refractivity contribution in [2.75, 3.05) is 6.54 Å². The van der Waals surface area contributed by atoms with Crippen molar-refractivity contribution in [3.05, 3.63) is 100 Å². The van der Waals surface area contributed by atoms with E-state index in [4.69, 9.17) is 5.73 Å². The fourth-order valence-corrected chi connectivity index (χ4v) is 5.87. The van der Waals surface area contributed by atoms with Crippen LogP contribution in [0.5, 0.6) is 0 Å². The van der Waals surface area contributed by atoms with Gasteiger partial charge in [-0.05, 0) is 67.6 Å². The van der Waals surface area contributed by atoms with E-state index in [1.54, 1.807) is 0 Å². The first-order valence-corrected chi connectivity index (χ1v) is 13.8. The number of pyridine rings is 1. The van der Waals surface area contributed by atoms with E-state index in [1.165, 1.54) is 37.4 Å². The van der Waals surface area contributed by atoms with Gasteiger partial charge in [-0.15, -0.1) is 0 Å². The van der Waals surface area contributed by atoms with Crippen molar-refractivity contribution in [2.24, 2.45) is 21.9 Å². The van der Waals surface area contributed by atoms with Crippen LogP contribution in [0, 0.1) is 23.4 Å². The highest BCUT2D eigenvalue weighted by molar-refractivity contribution is 5.94. The second kappa shape index (κ2) is 12.1. The fourth-order valence-electron chi connectivity index (χ4n) is 5.87. The second-order valence-corrected chi connectivity index (χ2v) is 11.1. The molecule has 1 fully saturated rings. The van der Waals surface area contributed by atoms with Crippen molar-refractivity contribution in [1.82, 2.24) is 10.3 Å². The van der Waals surface area contributed by atoms with Crippen LogP contribution < -0.4 is 11.1 Å². The Kier molecular flexibility index (Phi) is 8.51. The van der Waals surface area contributed by atoms with E-state index in [9.17, 15) is 35.9 Å². The minimum Gasteiger partial charge on any atom is -0.366 e. The molecule has 3 aromatic rings. The molecule has 14 heteroatoms. The van der Waals surface area contributed by atoms with Crippen LogP contribution in [-0.2, 0) is 11.2 Å². The first kappa shape index (κ1) is 31.8. The zero-order valence-corrected chi connectivity index (χ0v) is 23.6. The maximum atomic E-state index is 15.0. The number of azo groups is 1. The second-order valence-electron chi connectivity index (χ2n) is 11.1. The molecular weight excluding hydrogens is 607 g/mol. The molecule has 45 heavy (non-hydrogen) atoms. The molecular formula is C31H26F7N5O2. The lowest BCUT2D eigenvalue weighted by atomic mass is 9.94. The summed E-state index contributed by atoms with van der Waals surface area (Å²) in [5.41, 5.74) is 3.33. The van der Waals surface area contributed by atoms with Gasteiger partial charge in [0.25, 0.3) is 5.91 Å². The topological polar surface area (TPSA) is 110 Å². The van der Waals surface area contributed by atoms with Gasteiger partial charge in [0.05, 0.1) is 17.3 Å². The SMILES string of the molecule is CC1=C(C(/N=N/CC(=O)N[C@@H](Cc2cc(F)cc(F)c2)c2ncccc2-c2ccc(F)c(C(N)=O)c2)C(F)(F)F)C2(F)CC2C1. The number of carbonyl (C=O) groups excluding carboxylic acids is 2. The summed E-state index contributed by atoms with van der Waals surface area (Å²) < 4.78 is 99.0. The number of nitrogens with one attached hydrogen (secondary N) is 1. The zero-order valence-electron chi connectivity index (χ0n) is 23.6. The van der Waals surface area contributed by atoms with Crippen molar-refractivity contribution < 1.29 is 40.3 Å². The van der Waals surface area contributed by atoms with Crippen LogP contribution in [0.2, 0.25) is 0 Å². The molecule has 0 radical (unpaired) electrons. The minimum atomic E-state index is -4.95. The van der Waals surface area contributed by atoms with Crippen LogP contribution in [0.1, 0.15) is 47.4 Å². The third kappa shape index (κ3) is 6.74. The Morgan fingerprint density at radius 1 is 1.11 bits per heavy atom. The van der Waals surface area contributed by atoms with Gasteiger partial charge < -0.3 is 11.1 Å². The lowest BCUT2D eigenvalue weighted by Gasteiger charge is -2.22. The number of carbonyl (C=O) groups is 2. The number of fused-ring (bicyclic) bond motifs is 1. The Balaban J connectivity index is 1.44. The molecule has 3 N–H and O–H groups in total. The van der Waals surface area contributed by atoms with Gasteiger partial charge in [-0.3, -0.25) is 14.6 Å². The Hall–Kier alpha value is -4.62. The van der Waals surface area contributed by atoms with Crippen molar-refractivity contribution in [3.63, 3.8) is 0 Å². The molecule has 236 valence electrons. The van der Waals surface area contributed by atoms with Crippen LogP contribution in [-0.4, -0.2) is 41.2 Å². The molecule has 1 heterocycles. The molecule has 7 nitrogen and oxygen atoms in total. The monoisotopic (exact) mass is 633 g/mol. The van der Waals surface area contributed by atoms with E-state index in [1.807, 2.05) is 0 Å². The summed E-state index contributed by atoms with van der Waals surface area (Å²) in [5, 5.41) is 9.35. The average Bonchev–Trinajstić information content (AvgIpc) is 3.52. The zero-order chi connectivity index (χ0) is 32.7. The highest BCUT2D eigenvalue weighted by Gasteiger charge is 2.66. The van der Waals surface area contributed by atoms with Gasteiger partial charge in [-0.25, -0.2) is 17.6 Å². The molecule has 2 amide bonds. The quantitative estimate of drug-likeness (QED) is 0.151. The summed E-state index contributed by atoms with van der Waals surface area (Å²) in [5.74, 6) is -5.15. The maximum absolute atomic E-state index is 15.0. The lowest BCUT2D eigenvalue weighted by molar-refractivity contribution is -0.142. The van der Waals surface area contributed by atoms with Gasteiger partial charge >= 0.3 is 6.18 Å². The van der Waals surface area contributed by atoms with Gasteiger partial charge in [-0.2, -0.15) is 23.4 Å². The van der Waals surface area contributed by atoms with E-state index in [-0.39, 0.29) is 47.2 Å². The summed E-state index contributed by atoms with van der Waals surface area (Å²) in [4.78, 5) is 29.1. The standard InChI is InChI=1S/C31H26F7N5O2/c1-15-7-18-13-30(18,35)26(15)28(31(36,37)38)43-41-14-25(44)42-24(10-16-8-19(32)12-20(33)9-16)27-21(3-2-6-40-27)17-4-5-23(34)22(11-17)29(39)45/h2-6,8-9,11-12,18,24,28H,7,10,13-14H2,1H3,(H2,39,45)(H,42,44)/b43-41+/t18?,24-,28?,30?/m0/s1. The fraction of sp³-hybridized carbons (Fsp3) is 0.323. The first-order valence-electron chi connectivity index (χ1n) is 13.8. The summed E-state index contributed by atoms with van der Waals surface area (Å²) in [7, 11) is 0. The highest BCUT2D eigenvalue weighted by atomic mass is 19.4. The maximum Gasteiger partial charge on any atom is 0.416 e.